The first-order chi connectivity index (χ1) is 6.06. The molecule has 0 radical (unpaired) electrons. The third kappa shape index (κ3) is 7.46. The van der Waals surface area contributed by atoms with Gasteiger partial charge in [0.25, 0.3) is 0 Å². The van der Waals surface area contributed by atoms with Crippen LogP contribution in [-0.2, 0) is 14.3 Å². The number of carbonyl (C=O) groups excluding carboxylic acids is 2. The molecule has 0 fully saturated rings. The number of hydrogen-bond donors (Lipinski definition) is 1. The van der Waals surface area contributed by atoms with E-state index in [4.69, 9.17) is 5.11 Å². The largest absolute Gasteiger partial charge is 0.436 e. The van der Waals surface area contributed by atoms with Gasteiger partial charge >= 0.3 is 5.97 Å². The first-order valence-electron chi connectivity index (χ1n) is 4.43. The predicted octanol–water partition coefficient (Wildman–Crippen LogP) is 1.02. The molecule has 0 rings (SSSR count). The van der Waals surface area contributed by atoms with Crippen molar-refractivity contribution in [2.45, 2.75) is 45.8 Å². The molecule has 0 heterocycles. The zero-order valence-electron chi connectivity index (χ0n) is 8.08. The van der Waals surface area contributed by atoms with Gasteiger partial charge in [-0.2, -0.15) is 0 Å². The highest BCUT2D eigenvalue weighted by atomic mass is 16.6. The van der Waals surface area contributed by atoms with Crippen molar-refractivity contribution in [3.8, 4) is 0 Å². The molecule has 1 atom stereocenters. The highest BCUT2D eigenvalue weighted by Gasteiger charge is 2.11. The molecular weight excluding hydrogens is 172 g/mol. The van der Waals surface area contributed by atoms with Gasteiger partial charge in [0.15, 0.2) is 0 Å². The Kier molecular flexibility index (Phi) is 6.14. The van der Waals surface area contributed by atoms with Gasteiger partial charge in [-0.3, -0.25) is 9.59 Å². The van der Waals surface area contributed by atoms with Crippen molar-refractivity contribution in [3.63, 3.8) is 0 Å². The van der Waals surface area contributed by atoms with E-state index in [1.807, 2.05) is 6.92 Å². The molecule has 1 N–H and O–H groups in total. The van der Waals surface area contributed by atoms with E-state index < -0.39 is 12.3 Å². The lowest BCUT2D eigenvalue weighted by molar-refractivity contribution is -0.169. The SMILES string of the molecule is CCCCC(O)OC(=O)CC(C)=O. The summed E-state index contributed by atoms with van der Waals surface area (Å²) in [6, 6.07) is 0. The molecule has 0 aromatic carbocycles. The third-order valence-electron chi connectivity index (χ3n) is 1.47. The van der Waals surface area contributed by atoms with Gasteiger partial charge in [-0.15, -0.1) is 0 Å². The van der Waals surface area contributed by atoms with Crippen molar-refractivity contribution in [2.24, 2.45) is 0 Å². The van der Waals surface area contributed by atoms with E-state index in [9.17, 15) is 9.59 Å². The maximum absolute atomic E-state index is 10.8. The van der Waals surface area contributed by atoms with Gasteiger partial charge in [-0.25, -0.2) is 0 Å². The smallest absolute Gasteiger partial charge is 0.315 e. The zero-order chi connectivity index (χ0) is 10.3. The van der Waals surface area contributed by atoms with E-state index in [0.29, 0.717) is 6.42 Å². The first-order valence-corrected chi connectivity index (χ1v) is 4.43. The summed E-state index contributed by atoms with van der Waals surface area (Å²) in [5, 5.41) is 9.11. The summed E-state index contributed by atoms with van der Waals surface area (Å²) < 4.78 is 4.56. The molecule has 0 aliphatic rings. The third-order valence-corrected chi connectivity index (χ3v) is 1.47. The van der Waals surface area contributed by atoms with Crippen LogP contribution in [-0.4, -0.2) is 23.1 Å². The molecule has 13 heavy (non-hydrogen) atoms. The van der Waals surface area contributed by atoms with Crippen LogP contribution >= 0.6 is 0 Å². The minimum absolute atomic E-state index is 0.257. The lowest BCUT2D eigenvalue weighted by atomic mass is 10.2. The first kappa shape index (κ1) is 12.1. The number of aliphatic hydroxyl groups is 1. The number of aliphatic hydroxyl groups excluding tert-OH is 1. The number of Topliss-reactive ketones (excluding diaryl/α,β-unsaturated/α-hetero) is 1. The maximum atomic E-state index is 10.8. The van der Waals surface area contributed by atoms with E-state index in [1.54, 1.807) is 0 Å². The van der Waals surface area contributed by atoms with Crippen LogP contribution in [0.5, 0.6) is 0 Å². The van der Waals surface area contributed by atoms with E-state index in [0.717, 1.165) is 12.8 Å². The average Bonchev–Trinajstić information content (AvgIpc) is 1.98. The fourth-order valence-corrected chi connectivity index (χ4v) is 0.834. The maximum Gasteiger partial charge on any atom is 0.315 e. The molecular formula is C9H16O4. The van der Waals surface area contributed by atoms with E-state index in [2.05, 4.69) is 4.74 Å². The molecule has 4 nitrogen and oxygen atoms in total. The highest BCUT2D eigenvalue weighted by Crippen LogP contribution is 2.03. The normalized spacial score (nSPS) is 12.2. The van der Waals surface area contributed by atoms with Crippen molar-refractivity contribution in [1.82, 2.24) is 0 Å². The molecule has 0 saturated carbocycles. The van der Waals surface area contributed by atoms with Gasteiger partial charge in [-0.05, 0) is 13.3 Å². The van der Waals surface area contributed by atoms with Gasteiger partial charge in [0, 0.05) is 6.42 Å². The number of unbranched alkanes of at least 4 members (excludes halogenated alkanes) is 1. The van der Waals surface area contributed by atoms with Crippen LogP contribution in [0, 0.1) is 0 Å². The number of ketones is 1. The Morgan fingerprint density at radius 2 is 2.08 bits per heavy atom. The van der Waals surface area contributed by atoms with Crippen LogP contribution in [0.15, 0.2) is 0 Å². The van der Waals surface area contributed by atoms with Gasteiger partial charge < -0.3 is 9.84 Å². The summed E-state index contributed by atoms with van der Waals surface area (Å²) in [4.78, 5) is 21.3. The molecule has 0 saturated heterocycles. The molecule has 0 aromatic rings. The summed E-state index contributed by atoms with van der Waals surface area (Å²) in [6.07, 6.45) is 0.839. The number of carbonyl (C=O) groups is 2. The van der Waals surface area contributed by atoms with Crippen LogP contribution in [0.1, 0.15) is 39.5 Å². The Balaban J connectivity index is 3.59. The van der Waals surface area contributed by atoms with Crippen LogP contribution in [0.4, 0.5) is 0 Å². The van der Waals surface area contributed by atoms with Gasteiger partial charge in [0.1, 0.15) is 12.2 Å². The van der Waals surface area contributed by atoms with Crippen molar-refractivity contribution in [2.75, 3.05) is 0 Å². The Morgan fingerprint density at radius 1 is 1.46 bits per heavy atom. The van der Waals surface area contributed by atoms with Crippen LogP contribution < -0.4 is 0 Å². The van der Waals surface area contributed by atoms with Gasteiger partial charge in [-0.1, -0.05) is 13.3 Å². The summed E-state index contributed by atoms with van der Waals surface area (Å²) in [5.74, 6) is -0.913. The lowest BCUT2D eigenvalue weighted by Crippen LogP contribution is -2.19. The van der Waals surface area contributed by atoms with Gasteiger partial charge in [0.2, 0.25) is 6.29 Å². The predicted molar refractivity (Wildman–Crippen MR) is 46.9 cm³/mol. The van der Waals surface area contributed by atoms with Crippen molar-refractivity contribution in [3.05, 3.63) is 0 Å². The number of rotatable bonds is 6. The fourth-order valence-electron chi connectivity index (χ4n) is 0.834. The van der Waals surface area contributed by atoms with E-state index >= 15 is 0 Å². The number of ether oxygens (including phenoxy) is 1. The molecule has 0 aliphatic heterocycles. The van der Waals surface area contributed by atoms with E-state index in [-0.39, 0.29) is 12.2 Å². The monoisotopic (exact) mass is 188 g/mol. The quantitative estimate of drug-likeness (QED) is 0.384. The Hall–Kier alpha value is -0.900. The number of esters is 1. The average molecular weight is 188 g/mol. The van der Waals surface area contributed by atoms with Crippen LogP contribution in [0.2, 0.25) is 0 Å². The topological polar surface area (TPSA) is 63.6 Å². The Morgan fingerprint density at radius 3 is 2.54 bits per heavy atom. The molecule has 0 aliphatic carbocycles. The standard InChI is InChI=1S/C9H16O4/c1-3-4-5-8(11)13-9(12)6-7(2)10/h8,11H,3-6H2,1-2H3. The summed E-state index contributed by atoms with van der Waals surface area (Å²) in [6.45, 7) is 3.28. The highest BCUT2D eigenvalue weighted by molar-refractivity contribution is 5.94. The summed E-state index contributed by atoms with van der Waals surface area (Å²) in [7, 11) is 0. The van der Waals surface area contributed by atoms with E-state index in [1.165, 1.54) is 6.92 Å². The minimum atomic E-state index is -1.06. The molecule has 4 heteroatoms. The summed E-state index contributed by atoms with van der Waals surface area (Å²) in [5.41, 5.74) is 0. The Bertz CT molecular complexity index is 176. The van der Waals surface area contributed by atoms with Crippen molar-refractivity contribution in [1.29, 1.82) is 0 Å². The zero-order valence-corrected chi connectivity index (χ0v) is 8.08. The fraction of sp³-hybridized carbons (Fsp3) is 0.778. The van der Waals surface area contributed by atoms with Crippen LogP contribution in [0.25, 0.3) is 0 Å². The molecule has 76 valence electrons. The summed E-state index contributed by atoms with van der Waals surface area (Å²) >= 11 is 0. The molecule has 0 amide bonds. The molecule has 0 spiro atoms. The Labute approximate surface area is 77.9 Å². The lowest BCUT2D eigenvalue weighted by Gasteiger charge is -2.10. The number of hydrogen-bond acceptors (Lipinski definition) is 4. The second-order valence-electron chi connectivity index (χ2n) is 2.97. The van der Waals surface area contributed by atoms with Crippen molar-refractivity contribution < 1.29 is 19.4 Å². The van der Waals surface area contributed by atoms with Crippen LogP contribution in [0.3, 0.4) is 0 Å². The second-order valence-corrected chi connectivity index (χ2v) is 2.97. The molecule has 0 aromatic heterocycles. The molecule has 0 bridgehead atoms. The van der Waals surface area contributed by atoms with Gasteiger partial charge in [0.05, 0.1) is 0 Å². The second kappa shape index (κ2) is 6.60. The van der Waals surface area contributed by atoms with Crippen molar-refractivity contribution >= 4 is 11.8 Å². The minimum Gasteiger partial charge on any atom is -0.436 e. The molecule has 1 unspecified atom stereocenters.